The van der Waals surface area contributed by atoms with Crippen LogP contribution in [0, 0.1) is 12.3 Å². The van der Waals surface area contributed by atoms with E-state index < -0.39 is 0 Å². The zero-order chi connectivity index (χ0) is 20.6. The van der Waals surface area contributed by atoms with Gasteiger partial charge in [0.1, 0.15) is 17.8 Å². The Bertz CT molecular complexity index is 854. The molecule has 0 saturated carbocycles. The van der Waals surface area contributed by atoms with Crippen molar-refractivity contribution in [3.8, 4) is 0 Å². The van der Waals surface area contributed by atoms with Crippen molar-refractivity contribution in [2.24, 2.45) is 5.41 Å². The zero-order valence-electron chi connectivity index (χ0n) is 17.8. The van der Waals surface area contributed by atoms with E-state index in [1.54, 1.807) is 18.7 Å². The minimum Gasteiger partial charge on any atom is -0.364 e. The quantitative estimate of drug-likeness (QED) is 0.782. The van der Waals surface area contributed by atoms with E-state index in [0.29, 0.717) is 5.69 Å². The van der Waals surface area contributed by atoms with Crippen LogP contribution in [0.4, 0.5) is 5.82 Å². The number of hydrogen-bond acceptors (Lipinski definition) is 7. The molecular formula is C21H30N6O2. The second kappa shape index (κ2) is 7.74. The molecule has 1 spiro atoms. The van der Waals surface area contributed by atoms with Gasteiger partial charge in [-0.2, -0.15) is 0 Å². The van der Waals surface area contributed by atoms with Gasteiger partial charge in [-0.15, -0.1) is 0 Å². The zero-order valence-corrected chi connectivity index (χ0v) is 17.8. The number of amides is 1. The van der Waals surface area contributed by atoms with E-state index in [2.05, 4.69) is 26.9 Å². The van der Waals surface area contributed by atoms with Crippen molar-refractivity contribution >= 4 is 11.7 Å². The Morgan fingerprint density at radius 2 is 2.03 bits per heavy atom. The third kappa shape index (κ3) is 3.99. The average molecular weight is 399 g/mol. The summed E-state index contributed by atoms with van der Waals surface area (Å²) in [5.74, 6) is 0.748. The van der Waals surface area contributed by atoms with Crippen molar-refractivity contribution in [3.63, 3.8) is 0 Å². The number of aryl methyl sites for hydroxylation is 1. The van der Waals surface area contributed by atoms with Crippen molar-refractivity contribution < 1.29 is 9.32 Å². The van der Waals surface area contributed by atoms with Crippen LogP contribution < -0.4 is 4.90 Å². The predicted molar refractivity (Wildman–Crippen MR) is 110 cm³/mol. The Labute approximate surface area is 171 Å². The normalized spacial score (nSPS) is 21.7. The highest BCUT2D eigenvalue weighted by Gasteiger charge is 2.46. The smallest absolute Gasteiger partial charge is 0.274 e. The molecule has 2 fully saturated rings. The van der Waals surface area contributed by atoms with Crippen molar-refractivity contribution in [3.05, 3.63) is 35.6 Å². The van der Waals surface area contributed by atoms with E-state index in [1.165, 1.54) is 0 Å². The maximum atomic E-state index is 13.1. The van der Waals surface area contributed by atoms with Gasteiger partial charge in [0.15, 0.2) is 0 Å². The predicted octanol–water partition coefficient (Wildman–Crippen LogP) is 2.36. The van der Waals surface area contributed by atoms with Crippen LogP contribution in [0.1, 0.15) is 47.9 Å². The molecule has 2 saturated heterocycles. The van der Waals surface area contributed by atoms with Gasteiger partial charge in [0.25, 0.3) is 5.91 Å². The first-order chi connectivity index (χ1) is 13.9. The SMILES string of the molecule is Cc1nocc1CN1CCC2(CC1)CC(C)N(C(=O)c1cnc(N(C)C)cn1)C2. The topological polar surface area (TPSA) is 78.6 Å². The molecule has 0 bridgehead atoms. The fourth-order valence-electron chi connectivity index (χ4n) is 4.65. The number of rotatable bonds is 4. The Morgan fingerprint density at radius 3 is 2.62 bits per heavy atom. The van der Waals surface area contributed by atoms with Gasteiger partial charge in [0, 0.05) is 38.8 Å². The second-order valence-corrected chi connectivity index (χ2v) is 8.84. The summed E-state index contributed by atoms with van der Waals surface area (Å²) in [6, 6.07) is 0.227. The lowest BCUT2D eigenvalue weighted by atomic mass is 9.76. The van der Waals surface area contributed by atoms with Crippen LogP contribution in [-0.2, 0) is 6.54 Å². The van der Waals surface area contributed by atoms with Gasteiger partial charge in [-0.25, -0.2) is 9.97 Å². The Kier molecular flexibility index (Phi) is 5.29. The molecule has 8 nitrogen and oxygen atoms in total. The molecule has 1 atom stereocenters. The second-order valence-electron chi connectivity index (χ2n) is 8.84. The van der Waals surface area contributed by atoms with Crippen LogP contribution in [0.25, 0.3) is 0 Å². The van der Waals surface area contributed by atoms with Crippen molar-refractivity contribution in [2.45, 2.75) is 45.7 Å². The number of anilines is 1. The molecule has 156 valence electrons. The highest BCUT2D eigenvalue weighted by molar-refractivity contribution is 5.92. The van der Waals surface area contributed by atoms with Gasteiger partial charge in [-0.05, 0) is 51.6 Å². The van der Waals surface area contributed by atoms with E-state index in [-0.39, 0.29) is 17.4 Å². The summed E-state index contributed by atoms with van der Waals surface area (Å²) in [6.07, 6.45) is 8.28. The summed E-state index contributed by atoms with van der Waals surface area (Å²) in [5, 5.41) is 3.98. The molecule has 2 aliphatic heterocycles. The number of carbonyl (C=O) groups excluding carboxylic acids is 1. The molecule has 0 aliphatic carbocycles. The van der Waals surface area contributed by atoms with Gasteiger partial charge < -0.3 is 14.3 Å². The van der Waals surface area contributed by atoms with Gasteiger partial charge >= 0.3 is 0 Å². The van der Waals surface area contributed by atoms with Crippen molar-refractivity contribution in [2.75, 3.05) is 38.6 Å². The lowest BCUT2D eigenvalue weighted by Gasteiger charge is -2.39. The number of carbonyl (C=O) groups is 1. The van der Waals surface area contributed by atoms with E-state index >= 15 is 0 Å². The van der Waals surface area contributed by atoms with E-state index in [4.69, 9.17) is 4.52 Å². The molecule has 0 aromatic carbocycles. The average Bonchev–Trinajstić information content (AvgIpc) is 3.26. The summed E-state index contributed by atoms with van der Waals surface area (Å²) >= 11 is 0. The van der Waals surface area contributed by atoms with Crippen molar-refractivity contribution in [1.29, 1.82) is 0 Å². The summed E-state index contributed by atoms with van der Waals surface area (Å²) < 4.78 is 5.06. The standard InChI is InChI=1S/C21H30N6O2/c1-15-9-21(5-7-26(8-6-21)12-17-13-29-24-16(17)2)14-27(15)20(28)18-10-23-19(11-22-18)25(3)4/h10-11,13,15H,5-9,12,14H2,1-4H3. The molecule has 4 heterocycles. The van der Waals surface area contributed by atoms with Gasteiger partial charge in [-0.3, -0.25) is 9.69 Å². The molecule has 2 aromatic rings. The number of nitrogens with zero attached hydrogens (tertiary/aromatic N) is 6. The van der Waals surface area contributed by atoms with E-state index in [0.717, 1.165) is 62.5 Å². The fraction of sp³-hybridized carbons (Fsp3) is 0.619. The third-order valence-electron chi connectivity index (χ3n) is 6.50. The molecule has 1 unspecified atom stereocenters. The summed E-state index contributed by atoms with van der Waals surface area (Å²) in [4.78, 5) is 28.1. The molecule has 4 rings (SSSR count). The molecule has 2 aliphatic rings. The molecule has 0 N–H and O–H groups in total. The highest BCUT2D eigenvalue weighted by Crippen LogP contribution is 2.43. The Balaban J connectivity index is 1.38. The first kappa shape index (κ1) is 19.8. The monoisotopic (exact) mass is 398 g/mol. The molecule has 0 radical (unpaired) electrons. The van der Waals surface area contributed by atoms with Crippen LogP contribution in [0.2, 0.25) is 0 Å². The number of likely N-dealkylation sites (tertiary alicyclic amines) is 2. The van der Waals surface area contributed by atoms with E-state index in [1.807, 2.05) is 30.8 Å². The molecule has 29 heavy (non-hydrogen) atoms. The van der Waals surface area contributed by atoms with E-state index in [9.17, 15) is 4.79 Å². The Hall–Kier alpha value is -2.48. The fourth-order valence-corrected chi connectivity index (χ4v) is 4.65. The molecular weight excluding hydrogens is 368 g/mol. The minimum atomic E-state index is -0.00490. The number of piperidine rings is 1. The lowest BCUT2D eigenvalue weighted by molar-refractivity contribution is 0.0681. The first-order valence-corrected chi connectivity index (χ1v) is 10.3. The summed E-state index contributed by atoms with van der Waals surface area (Å²) in [6.45, 7) is 7.91. The van der Waals surface area contributed by atoms with Gasteiger partial charge in [-0.1, -0.05) is 5.16 Å². The molecule has 8 heteroatoms. The van der Waals surface area contributed by atoms with Gasteiger partial charge in [0.05, 0.1) is 18.1 Å². The van der Waals surface area contributed by atoms with Gasteiger partial charge in [0.2, 0.25) is 0 Å². The minimum absolute atomic E-state index is 0.00490. The van der Waals surface area contributed by atoms with Crippen molar-refractivity contribution in [1.82, 2.24) is 24.9 Å². The number of aromatic nitrogens is 3. The molecule has 2 aromatic heterocycles. The lowest BCUT2D eigenvalue weighted by Crippen LogP contribution is -2.42. The third-order valence-corrected chi connectivity index (χ3v) is 6.50. The van der Waals surface area contributed by atoms with Crippen LogP contribution in [-0.4, -0.2) is 70.6 Å². The Morgan fingerprint density at radius 1 is 1.28 bits per heavy atom. The summed E-state index contributed by atoms with van der Waals surface area (Å²) in [5.41, 5.74) is 2.78. The largest absolute Gasteiger partial charge is 0.364 e. The maximum absolute atomic E-state index is 13.1. The molecule has 1 amide bonds. The van der Waals surface area contributed by atoms with Crippen LogP contribution in [0.3, 0.4) is 0 Å². The van der Waals surface area contributed by atoms with Crippen LogP contribution >= 0.6 is 0 Å². The van der Waals surface area contributed by atoms with Crippen LogP contribution in [0.15, 0.2) is 23.2 Å². The first-order valence-electron chi connectivity index (χ1n) is 10.3. The van der Waals surface area contributed by atoms with Crippen LogP contribution in [0.5, 0.6) is 0 Å². The number of hydrogen-bond donors (Lipinski definition) is 0. The highest BCUT2D eigenvalue weighted by atomic mass is 16.5. The summed E-state index contributed by atoms with van der Waals surface area (Å²) in [7, 11) is 3.82. The maximum Gasteiger partial charge on any atom is 0.274 e.